The lowest BCUT2D eigenvalue weighted by Crippen LogP contribution is -2.13. The van der Waals surface area contributed by atoms with Gasteiger partial charge in [0, 0.05) is 12.1 Å². The van der Waals surface area contributed by atoms with Gasteiger partial charge < -0.3 is 9.64 Å². The molecule has 2 heteroatoms. The highest BCUT2D eigenvalue weighted by Crippen LogP contribution is 2.29. The molecule has 0 aromatic heterocycles. The molecule has 1 aromatic rings. The standard InChI is InChI=1S/C13H21NO/c1-9-7-10(2)12(8-14(4)5)13(15-6)11(9)3/h7H,8H2,1-6H3. The van der Waals surface area contributed by atoms with Crippen molar-refractivity contribution in [2.24, 2.45) is 0 Å². The minimum Gasteiger partial charge on any atom is -0.496 e. The molecule has 0 amide bonds. The van der Waals surface area contributed by atoms with Crippen molar-refractivity contribution in [2.45, 2.75) is 27.3 Å². The Labute approximate surface area is 92.9 Å². The molecule has 0 unspecified atom stereocenters. The first-order valence-electron chi connectivity index (χ1n) is 5.25. The van der Waals surface area contributed by atoms with Crippen LogP contribution in [0.4, 0.5) is 0 Å². The summed E-state index contributed by atoms with van der Waals surface area (Å²) in [4.78, 5) is 2.17. The number of rotatable bonds is 3. The normalized spacial score (nSPS) is 10.9. The van der Waals surface area contributed by atoms with Crippen molar-refractivity contribution in [2.75, 3.05) is 21.2 Å². The van der Waals surface area contributed by atoms with Crippen LogP contribution in [0.2, 0.25) is 0 Å². The molecule has 0 fully saturated rings. The molecule has 0 aliphatic rings. The van der Waals surface area contributed by atoms with Gasteiger partial charge in [-0.25, -0.2) is 0 Å². The van der Waals surface area contributed by atoms with Crippen LogP contribution in [0.15, 0.2) is 6.07 Å². The van der Waals surface area contributed by atoms with Gasteiger partial charge in [0.2, 0.25) is 0 Å². The van der Waals surface area contributed by atoms with Crippen molar-refractivity contribution in [3.05, 3.63) is 28.3 Å². The fourth-order valence-electron chi connectivity index (χ4n) is 1.89. The van der Waals surface area contributed by atoms with E-state index in [2.05, 4.69) is 45.8 Å². The summed E-state index contributed by atoms with van der Waals surface area (Å²) in [5.74, 6) is 1.04. The van der Waals surface area contributed by atoms with Gasteiger partial charge in [0.15, 0.2) is 0 Å². The zero-order valence-electron chi connectivity index (χ0n) is 10.6. The third-order valence-corrected chi connectivity index (χ3v) is 2.79. The number of nitrogens with zero attached hydrogens (tertiary/aromatic N) is 1. The van der Waals surface area contributed by atoms with Gasteiger partial charge in [0.05, 0.1) is 7.11 Å². The van der Waals surface area contributed by atoms with Crippen LogP contribution >= 0.6 is 0 Å². The first kappa shape index (κ1) is 12.1. The third-order valence-electron chi connectivity index (χ3n) is 2.79. The number of ether oxygens (including phenoxy) is 1. The molecule has 15 heavy (non-hydrogen) atoms. The summed E-state index contributed by atoms with van der Waals surface area (Å²) in [7, 11) is 5.91. The lowest BCUT2D eigenvalue weighted by Gasteiger charge is -2.19. The van der Waals surface area contributed by atoms with Crippen LogP contribution in [0.1, 0.15) is 22.3 Å². The monoisotopic (exact) mass is 207 g/mol. The molecule has 0 saturated carbocycles. The Hall–Kier alpha value is -1.02. The van der Waals surface area contributed by atoms with E-state index in [1.54, 1.807) is 7.11 Å². The summed E-state index contributed by atoms with van der Waals surface area (Å²) < 4.78 is 5.51. The molecule has 1 rings (SSSR count). The zero-order valence-corrected chi connectivity index (χ0v) is 10.6. The van der Waals surface area contributed by atoms with E-state index in [4.69, 9.17) is 4.74 Å². The molecule has 0 saturated heterocycles. The topological polar surface area (TPSA) is 12.5 Å². The van der Waals surface area contributed by atoms with E-state index in [0.29, 0.717) is 0 Å². The Morgan fingerprint density at radius 2 is 1.73 bits per heavy atom. The minimum absolute atomic E-state index is 0.927. The van der Waals surface area contributed by atoms with Gasteiger partial charge in [0.25, 0.3) is 0 Å². The molecule has 0 atom stereocenters. The van der Waals surface area contributed by atoms with E-state index in [1.807, 2.05) is 0 Å². The maximum Gasteiger partial charge on any atom is 0.126 e. The van der Waals surface area contributed by atoms with Gasteiger partial charge in [0.1, 0.15) is 5.75 Å². The van der Waals surface area contributed by atoms with E-state index in [9.17, 15) is 0 Å². The Kier molecular flexibility index (Phi) is 3.75. The van der Waals surface area contributed by atoms with Gasteiger partial charge >= 0.3 is 0 Å². The van der Waals surface area contributed by atoms with Crippen molar-refractivity contribution in [3.63, 3.8) is 0 Å². The number of hydrogen-bond acceptors (Lipinski definition) is 2. The summed E-state index contributed by atoms with van der Waals surface area (Å²) in [5, 5.41) is 0. The van der Waals surface area contributed by atoms with Crippen LogP contribution in [0, 0.1) is 20.8 Å². The first-order valence-corrected chi connectivity index (χ1v) is 5.25. The highest BCUT2D eigenvalue weighted by molar-refractivity contribution is 5.49. The highest BCUT2D eigenvalue weighted by atomic mass is 16.5. The van der Waals surface area contributed by atoms with Crippen molar-refractivity contribution in [3.8, 4) is 5.75 Å². The van der Waals surface area contributed by atoms with Crippen LogP contribution in [0.3, 0.4) is 0 Å². The Bertz CT molecular complexity index is 356. The van der Waals surface area contributed by atoms with Crippen LogP contribution in [-0.4, -0.2) is 26.1 Å². The van der Waals surface area contributed by atoms with Crippen LogP contribution in [-0.2, 0) is 6.54 Å². The van der Waals surface area contributed by atoms with Crippen molar-refractivity contribution >= 4 is 0 Å². The number of benzene rings is 1. The molecular formula is C13H21NO. The second-order valence-corrected chi connectivity index (χ2v) is 4.38. The van der Waals surface area contributed by atoms with Crippen LogP contribution < -0.4 is 4.74 Å². The number of hydrogen-bond donors (Lipinski definition) is 0. The molecule has 0 N–H and O–H groups in total. The fraction of sp³-hybridized carbons (Fsp3) is 0.538. The van der Waals surface area contributed by atoms with Crippen molar-refractivity contribution < 1.29 is 4.74 Å². The van der Waals surface area contributed by atoms with E-state index in [-0.39, 0.29) is 0 Å². The molecule has 84 valence electrons. The summed E-state index contributed by atoms with van der Waals surface area (Å²) in [6.45, 7) is 7.32. The Balaban J connectivity index is 3.29. The van der Waals surface area contributed by atoms with Crippen LogP contribution in [0.5, 0.6) is 5.75 Å². The Morgan fingerprint density at radius 3 is 2.20 bits per heavy atom. The predicted octanol–water partition coefficient (Wildman–Crippen LogP) is 2.68. The Morgan fingerprint density at radius 1 is 1.13 bits per heavy atom. The SMILES string of the molecule is COc1c(C)c(C)cc(C)c1CN(C)C. The molecular weight excluding hydrogens is 186 g/mol. The lowest BCUT2D eigenvalue weighted by molar-refractivity contribution is 0.369. The van der Waals surface area contributed by atoms with Gasteiger partial charge in [-0.15, -0.1) is 0 Å². The van der Waals surface area contributed by atoms with Crippen LogP contribution in [0.25, 0.3) is 0 Å². The molecule has 0 heterocycles. The van der Waals surface area contributed by atoms with E-state index in [1.165, 1.54) is 22.3 Å². The van der Waals surface area contributed by atoms with Gasteiger partial charge in [-0.3, -0.25) is 0 Å². The van der Waals surface area contributed by atoms with E-state index >= 15 is 0 Å². The third kappa shape index (κ3) is 2.51. The molecule has 2 nitrogen and oxygen atoms in total. The van der Waals surface area contributed by atoms with Gasteiger partial charge in [-0.05, 0) is 51.6 Å². The van der Waals surface area contributed by atoms with Gasteiger partial charge in [-0.1, -0.05) is 6.07 Å². The van der Waals surface area contributed by atoms with E-state index < -0.39 is 0 Å². The van der Waals surface area contributed by atoms with Crippen molar-refractivity contribution in [1.82, 2.24) is 4.90 Å². The molecule has 1 aromatic carbocycles. The minimum atomic E-state index is 0.927. The number of aryl methyl sites for hydroxylation is 2. The second-order valence-electron chi connectivity index (χ2n) is 4.38. The second kappa shape index (κ2) is 4.67. The first-order chi connectivity index (χ1) is 6.97. The van der Waals surface area contributed by atoms with E-state index in [0.717, 1.165) is 12.3 Å². The maximum atomic E-state index is 5.51. The fourth-order valence-corrected chi connectivity index (χ4v) is 1.89. The zero-order chi connectivity index (χ0) is 11.6. The average Bonchev–Trinajstić information content (AvgIpc) is 2.14. The summed E-state index contributed by atoms with van der Waals surface area (Å²) in [6, 6.07) is 2.23. The average molecular weight is 207 g/mol. The predicted molar refractivity (Wildman–Crippen MR) is 64.6 cm³/mol. The van der Waals surface area contributed by atoms with Crippen molar-refractivity contribution in [1.29, 1.82) is 0 Å². The molecule has 0 spiro atoms. The smallest absolute Gasteiger partial charge is 0.126 e. The molecule has 0 aliphatic carbocycles. The summed E-state index contributed by atoms with van der Waals surface area (Å²) >= 11 is 0. The largest absolute Gasteiger partial charge is 0.496 e. The summed E-state index contributed by atoms with van der Waals surface area (Å²) in [5.41, 5.74) is 5.15. The molecule has 0 aliphatic heterocycles. The maximum absolute atomic E-state index is 5.51. The summed E-state index contributed by atoms with van der Waals surface area (Å²) in [6.07, 6.45) is 0. The highest BCUT2D eigenvalue weighted by Gasteiger charge is 2.12. The quantitative estimate of drug-likeness (QED) is 0.755. The lowest BCUT2D eigenvalue weighted by atomic mass is 9.99. The molecule has 0 bridgehead atoms. The number of methoxy groups -OCH3 is 1. The van der Waals surface area contributed by atoms with Gasteiger partial charge in [-0.2, -0.15) is 0 Å². The molecule has 0 radical (unpaired) electrons.